The van der Waals surface area contributed by atoms with E-state index in [1.807, 2.05) is 49.4 Å². The van der Waals surface area contributed by atoms with Crippen molar-refractivity contribution in [3.63, 3.8) is 0 Å². The molecule has 4 aromatic carbocycles. The Kier molecular flexibility index (Phi) is 7.38. The van der Waals surface area contributed by atoms with Gasteiger partial charge in [-0.25, -0.2) is 4.79 Å². The Morgan fingerprint density at radius 2 is 1.58 bits per heavy atom. The Morgan fingerprint density at radius 1 is 0.868 bits per heavy atom. The predicted molar refractivity (Wildman–Crippen MR) is 149 cm³/mol. The van der Waals surface area contributed by atoms with E-state index >= 15 is 0 Å². The van der Waals surface area contributed by atoms with Crippen LogP contribution in [-0.2, 0) is 0 Å². The second kappa shape index (κ2) is 11.2. The second-order valence-corrected chi connectivity index (χ2v) is 8.86. The Labute approximate surface area is 224 Å². The smallest absolute Gasteiger partial charge is 0.348 e. The third-order valence-corrected chi connectivity index (χ3v) is 6.11. The summed E-state index contributed by atoms with van der Waals surface area (Å²) in [5, 5.41) is 1.23. The Hall–Kier alpha value is -4.61. The van der Waals surface area contributed by atoms with Crippen LogP contribution in [0, 0.1) is 0 Å². The summed E-state index contributed by atoms with van der Waals surface area (Å²) in [6.07, 6.45) is 3.21. The number of halogens is 1. The summed E-state index contributed by atoms with van der Waals surface area (Å²) in [6.45, 7) is 2.39. The summed E-state index contributed by atoms with van der Waals surface area (Å²) in [5.74, 6) is 0.608. The zero-order valence-corrected chi connectivity index (χ0v) is 21.3. The average Bonchev–Trinajstić information content (AvgIpc) is 3.33. The van der Waals surface area contributed by atoms with Gasteiger partial charge in [0.2, 0.25) is 0 Å². The molecule has 0 atom stereocenters. The van der Waals surface area contributed by atoms with Crippen LogP contribution >= 0.6 is 11.6 Å². The largest absolute Gasteiger partial charge is 0.494 e. The minimum atomic E-state index is -0.571. The molecule has 0 saturated carbocycles. The van der Waals surface area contributed by atoms with E-state index in [0.717, 1.165) is 11.1 Å². The van der Waals surface area contributed by atoms with Gasteiger partial charge >= 0.3 is 5.97 Å². The molecule has 0 unspecified atom stereocenters. The van der Waals surface area contributed by atoms with Gasteiger partial charge < -0.3 is 13.9 Å². The number of benzene rings is 4. The SMILES string of the molecule is CCOc1ccc2oc(-c3ccccc3)c(C(=O)Oc3ccc(C(=O)/C=C/c4ccc(Cl)cc4)cc3)c2c1. The van der Waals surface area contributed by atoms with Crippen LogP contribution < -0.4 is 9.47 Å². The zero-order valence-electron chi connectivity index (χ0n) is 20.5. The van der Waals surface area contributed by atoms with Gasteiger partial charge in [0.05, 0.1) is 6.61 Å². The van der Waals surface area contributed by atoms with E-state index in [1.54, 1.807) is 60.7 Å². The van der Waals surface area contributed by atoms with Crippen molar-refractivity contribution in [3.8, 4) is 22.8 Å². The van der Waals surface area contributed by atoms with E-state index in [9.17, 15) is 9.59 Å². The summed E-state index contributed by atoms with van der Waals surface area (Å²) < 4.78 is 17.4. The fourth-order valence-electron chi connectivity index (χ4n) is 4.02. The molecule has 0 bridgehead atoms. The lowest BCUT2D eigenvalue weighted by molar-refractivity contribution is 0.0737. The lowest BCUT2D eigenvalue weighted by Crippen LogP contribution is -2.09. The molecule has 38 heavy (non-hydrogen) atoms. The number of hydrogen-bond acceptors (Lipinski definition) is 5. The number of carbonyl (C=O) groups is 2. The highest BCUT2D eigenvalue weighted by molar-refractivity contribution is 6.30. The van der Waals surface area contributed by atoms with Crippen LogP contribution in [-0.4, -0.2) is 18.4 Å². The maximum Gasteiger partial charge on any atom is 0.348 e. The number of ketones is 1. The van der Waals surface area contributed by atoms with Crippen LogP contribution in [0.25, 0.3) is 28.4 Å². The van der Waals surface area contributed by atoms with Gasteiger partial charge in [0.1, 0.15) is 28.4 Å². The molecule has 188 valence electrons. The van der Waals surface area contributed by atoms with Crippen LogP contribution in [0.1, 0.15) is 33.2 Å². The lowest BCUT2D eigenvalue weighted by Gasteiger charge is -2.07. The minimum Gasteiger partial charge on any atom is -0.494 e. The van der Waals surface area contributed by atoms with Gasteiger partial charge in [-0.1, -0.05) is 60.1 Å². The first-order valence-corrected chi connectivity index (χ1v) is 12.4. The van der Waals surface area contributed by atoms with Crippen LogP contribution in [0.2, 0.25) is 5.02 Å². The molecule has 0 N–H and O–H groups in total. The molecule has 0 aliphatic carbocycles. The van der Waals surface area contributed by atoms with Gasteiger partial charge in [-0.15, -0.1) is 0 Å². The third kappa shape index (κ3) is 5.53. The second-order valence-electron chi connectivity index (χ2n) is 8.43. The Balaban J connectivity index is 1.40. The van der Waals surface area contributed by atoms with E-state index in [0.29, 0.717) is 51.0 Å². The van der Waals surface area contributed by atoms with Crippen LogP contribution in [0.15, 0.2) is 108 Å². The van der Waals surface area contributed by atoms with Gasteiger partial charge in [-0.3, -0.25) is 4.79 Å². The predicted octanol–water partition coefficient (Wildman–Crippen LogP) is 8.27. The van der Waals surface area contributed by atoms with Gasteiger partial charge in [-0.2, -0.15) is 0 Å². The first-order chi connectivity index (χ1) is 18.5. The van der Waals surface area contributed by atoms with Crippen molar-refractivity contribution in [1.29, 1.82) is 0 Å². The highest BCUT2D eigenvalue weighted by Crippen LogP contribution is 2.36. The molecule has 5 nitrogen and oxygen atoms in total. The van der Waals surface area contributed by atoms with E-state index in [4.69, 9.17) is 25.5 Å². The number of ether oxygens (including phenoxy) is 2. The van der Waals surface area contributed by atoms with E-state index in [-0.39, 0.29) is 5.78 Å². The molecule has 0 fully saturated rings. The summed E-state index contributed by atoms with van der Waals surface area (Å²) >= 11 is 5.90. The van der Waals surface area contributed by atoms with Crippen molar-refractivity contribution >= 4 is 40.4 Å². The Morgan fingerprint density at radius 3 is 2.29 bits per heavy atom. The highest BCUT2D eigenvalue weighted by atomic mass is 35.5. The van der Waals surface area contributed by atoms with Crippen molar-refractivity contribution in [2.45, 2.75) is 6.92 Å². The van der Waals surface area contributed by atoms with E-state index in [2.05, 4.69) is 0 Å². The number of esters is 1. The molecule has 0 saturated heterocycles. The monoisotopic (exact) mass is 522 g/mol. The fraction of sp³-hybridized carbons (Fsp3) is 0.0625. The molecule has 1 heterocycles. The first kappa shape index (κ1) is 25.1. The molecular weight excluding hydrogens is 500 g/mol. The number of carbonyl (C=O) groups excluding carboxylic acids is 2. The molecule has 5 aromatic rings. The van der Waals surface area contributed by atoms with Gasteiger partial charge in [-0.05, 0) is 73.2 Å². The molecule has 0 amide bonds. The van der Waals surface area contributed by atoms with E-state index < -0.39 is 5.97 Å². The number of fused-ring (bicyclic) bond motifs is 1. The van der Waals surface area contributed by atoms with Crippen molar-refractivity contribution in [2.24, 2.45) is 0 Å². The normalized spacial score (nSPS) is 11.1. The summed E-state index contributed by atoms with van der Waals surface area (Å²) in [6, 6.07) is 28.4. The molecule has 0 radical (unpaired) electrons. The number of allylic oxidation sites excluding steroid dienone is 1. The Bertz CT molecular complexity index is 1620. The third-order valence-electron chi connectivity index (χ3n) is 5.86. The minimum absolute atomic E-state index is 0.173. The fourth-order valence-corrected chi connectivity index (χ4v) is 4.14. The van der Waals surface area contributed by atoms with Crippen molar-refractivity contribution in [1.82, 2.24) is 0 Å². The van der Waals surface area contributed by atoms with Crippen LogP contribution in [0.4, 0.5) is 0 Å². The first-order valence-electron chi connectivity index (χ1n) is 12.1. The van der Waals surface area contributed by atoms with Crippen LogP contribution in [0.5, 0.6) is 11.5 Å². The standard InChI is InChI=1S/C32H23ClO5/c1-2-36-26-17-19-29-27(20-26)30(31(38-29)23-6-4-3-5-7-23)32(35)37-25-15-11-22(12-16-25)28(34)18-10-21-8-13-24(33)14-9-21/h3-20H,2H2,1H3/b18-10+. The molecular formula is C32H23ClO5. The topological polar surface area (TPSA) is 65.7 Å². The summed E-state index contributed by atoms with van der Waals surface area (Å²) in [4.78, 5) is 26.0. The molecule has 6 heteroatoms. The summed E-state index contributed by atoms with van der Waals surface area (Å²) in [7, 11) is 0. The number of furan rings is 1. The molecule has 0 spiro atoms. The maximum absolute atomic E-state index is 13.4. The molecule has 1 aromatic heterocycles. The summed E-state index contributed by atoms with van der Waals surface area (Å²) in [5.41, 5.74) is 2.94. The van der Waals surface area contributed by atoms with Crippen molar-refractivity contribution in [3.05, 3.63) is 125 Å². The zero-order chi connectivity index (χ0) is 26.5. The molecule has 5 rings (SSSR count). The van der Waals surface area contributed by atoms with Gasteiger partial charge in [0, 0.05) is 21.5 Å². The average molecular weight is 523 g/mol. The van der Waals surface area contributed by atoms with Crippen molar-refractivity contribution < 1.29 is 23.5 Å². The molecule has 0 aliphatic heterocycles. The highest BCUT2D eigenvalue weighted by Gasteiger charge is 2.24. The van der Waals surface area contributed by atoms with Crippen molar-refractivity contribution in [2.75, 3.05) is 6.61 Å². The number of rotatable bonds is 8. The molecule has 0 aliphatic rings. The number of hydrogen-bond donors (Lipinski definition) is 0. The van der Waals surface area contributed by atoms with Gasteiger partial charge in [0.25, 0.3) is 0 Å². The maximum atomic E-state index is 13.4. The lowest BCUT2D eigenvalue weighted by atomic mass is 10.1. The quantitative estimate of drug-likeness (QED) is 0.0887. The van der Waals surface area contributed by atoms with Crippen LogP contribution in [0.3, 0.4) is 0 Å². The van der Waals surface area contributed by atoms with Gasteiger partial charge in [0.15, 0.2) is 5.78 Å². The van der Waals surface area contributed by atoms with E-state index in [1.165, 1.54) is 6.08 Å².